The van der Waals surface area contributed by atoms with E-state index in [4.69, 9.17) is 43.1 Å². The maximum absolute atomic E-state index is 9.86. The van der Waals surface area contributed by atoms with Gasteiger partial charge in [0.25, 0.3) is 0 Å². The van der Waals surface area contributed by atoms with Gasteiger partial charge in [-0.25, -0.2) is 9.97 Å². The third-order valence-electron chi connectivity index (χ3n) is 4.27. The summed E-state index contributed by atoms with van der Waals surface area (Å²) in [5.41, 5.74) is 6.28. The lowest BCUT2D eigenvalue weighted by atomic mass is 10.1. The highest BCUT2D eigenvalue weighted by Gasteiger charge is 2.39. The highest BCUT2D eigenvalue weighted by Crippen LogP contribution is 2.26. The van der Waals surface area contributed by atoms with E-state index in [0.717, 1.165) is 0 Å². The average Bonchev–Trinajstić information content (AvgIpc) is 2.85. The Morgan fingerprint density at radius 1 is 1.19 bits per heavy atom. The number of aliphatic hydroxyl groups is 2. The maximum Gasteiger partial charge on any atom is 0.161 e. The molecule has 5 atom stereocenters. The normalized spacial score (nSPS) is 27.0. The fraction of sp³-hybridized carbons (Fsp3) is 0.750. The minimum Gasteiger partial charge on any atom is -0.390 e. The van der Waals surface area contributed by atoms with Gasteiger partial charge in [-0.1, -0.05) is 23.2 Å². The van der Waals surface area contributed by atoms with Crippen LogP contribution in [-0.2, 0) is 20.6 Å². The van der Waals surface area contributed by atoms with E-state index in [1.807, 2.05) is 6.92 Å². The summed E-state index contributed by atoms with van der Waals surface area (Å²) in [6.45, 7) is 3.21. The van der Waals surface area contributed by atoms with E-state index in [1.165, 1.54) is 6.33 Å². The van der Waals surface area contributed by atoms with Crippen LogP contribution in [0.25, 0.3) is 0 Å². The Balaban J connectivity index is 1.73. The Labute approximate surface area is 162 Å². The standard InChI is InChI=1S/C16H25Cl2N3O5/c1-2-25-12(6-10-15(17)20-8-21-16(10)18)26-4-3-24-7-9-5-11(19)14(23)13(9)22/h8-9,11-14,22-23H,2-7,19H2,1H3/t9-,11-,12?,13-,14+/m1/s1. The predicted octanol–water partition coefficient (Wildman–Crippen LogP) is 0.791. The summed E-state index contributed by atoms with van der Waals surface area (Å²) in [5.74, 6) is -0.179. The number of rotatable bonds is 10. The number of nitrogens with two attached hydrogens (primary N) is 1. The molecule has 0 aliphatic heterocycles. The number of halogens is 2. The first-order chi connectivity index (χ1) is 12.4. The van der Waals surface area contributed by atoms with Crippen LogP contribution in [0.1, 0.15) is 18.9 Å². The molecule has 1 aliphatic rings. The molecular formula is C16H25Cl2N3O5. The van der Waals surface area contributed by atoms with Crippen molar-refractivity contribution in [3.8, 4) is 0 Å². The lowest BCUT2D eigenvalue weighted by molar-refractivity contribution is -0.148. The molecule has 1 aromatic heterocycles. The lowest BCUT2D eigenvalue weighted by Gasteiger charge is -2.19. The fourth-order valence-corrected chi connectivity index (χ4v) is 3.33. The van der Waals surface area contributed by atoms with Gasteiger partial charge in [-0.05, 0) is 13.3 Å². The summed E-state index contributed by atoms with van der Waals surface area (Å²) < 4.78 is 16.7. The molecule has 148 valence electrons. The van der Waals surface area contributed by atoms with Crippen LogP contribution in [-0.4, -0.2) is 71.1 Å². The zero-order chi connectivity index (χ0) is 19.1. The van der Waals surface area contributed by atoms with Gasteiger partial charge in [0.2, 0.25) is 0 Å². The SMILES string of the molecule is CCOC(Cc1c(Cl)ncnc1Cl)OCCOC[C@H]1C[C@@H](N)[C@H](O)[C@@H]1O. The van der Waals surface area contributed by atoms with Gasteiger partial charge >= 0.3 is 0 Å². The summed E-state index contributed by atoms with van der Waals surface area (Å²) in [6, 6.07) is -0.417. The van der Waals surface area contributed by atoms with Gasteiger partial charge in [-0.3, -0.25) is 0 Å². The Morgan fingerprint density at radius 3 is 2.46 bits per heavy atom. The second-order valence-corrected chi connectivity index (χ2v) is 6.83. The lowest BCUT2D eigenvalue weighted by Crippen LogP contribution is -2.36. The number of aromatic nitrogens is 2. The molecule has 0 radical (unpaired) electrons. The van der Waals surface area contributed by atoms with Crippen LogP contribution < -0.4 is 5.73 Å². The van der Waals surface area contributed by atoms with Crippen LogP contribution in [0.4, 0.5) is 0 Å². The monoisotopic (exact) mass is 409 g/mol. The predicted molar refractivity (Wildman–Crippen MR) is 96.0 cm³/mol. The number of hydrogen-bond acceptors (Lipinski definition) is 8. The Hall–Kier alpha value is -0.580. The molecule has 0 saturated heterocycles. The Bertz CT molecular complexity index is 548. The van der Waals surface area contributed by atoms with E-state index in [2.05, 4.69) is 9.97 Å². The van der Waals surface area contributed by atoms with Crippen molar-refractivity contribution in [3.05, 3.63) is 22.2 Å². The van der Waals surface area contributed by atoms with E-state index in [0.29, 0.717) is 38.2 Å². The molecule has 26 heavy (non-hydrogen) atoms. The first-order valence-corrected chi connectivity index (χ1v) is 9.27. The molecule has 1 aromatic rings. The van der Waals surface area contributed by atoms with Crippen LogP contribution >= 0.6 is 23.2 Å². The van der Waals surface area contributed by atoms with Crippen LogP contribution in [0.3, 0.4) is 0 Å². The first-order valence-electron chi connectivity index (χ1n) is 8.51. The molecule has 0 aromatic carbocycles. The van der Waals surface area contributed by atoms with Crippen LogP contribution in [0.15, 0.2) is 6.33 Å². The minimum atomic E-state index is -0.898. The third kappa shape index (κ3) is 5.97. The molecule has 2 rings (SSSR count). The highest BCUT2D eigenvalue weighted by atomic mass is 35.5. The third-order valence-corrected chi connectivity index (χ3v) is 4.92. The second kappa shape index (κ2) is 10.7. The molecule has 10 heteroatoms. The first kappa shape index (κ1) is 21.7. The van der Waals surface area contributed by atoms with Crippen molar-refractivity contribution in [2.24, 2.45) is 11.7 Å². The molecule has 0 spiro atoms. The average molecular weight is 410 g/mol. The van der Waals surface area contributed by atoms with Gasteiger partial charge in [0.1, 0.15) is 16.6 Å². The molecule has 1 aliphatic carbocycles. The minimum absolute atomic E-state index is 0.179. The molecule has 1 saturated carbocycles. The topological polar surface area (TPSA) is 120 Å². The van der Waals surface area contributed by atoms with Crippen LogP contribution in [0, 0.1) is 5.92 Å². The van der Waals surface area contributed by atoms with Gasteiger partial charge < -0.3 is 30.2 Å². The van der Waals surface area contributed by atoms with Crippen LogP contribution in [0.5, 0.6) is 0 Å². The van der Waals surface area contributed by atoms with E-state index in [1.54, 1.807) is 0 Å². The molecule has 1 unspecified atom stereocenters. The number of hydrogen-bond donors (Lipinski definition) is 3. The van der Waals surface area contributed by atoms with E-state index in [9.17, 15) is 10.2 Å². The van der Waals surface area contributed by atoms with Crippen molar-refractivity contribution >= 4 is 23.2 Å². The van der Waals surface area contributed by atoms with E-state index < -0.39 is 24.5 Å². The maximum atomic E-state index is 9.86. The summed E-state index contributed by atoms with van der Waals surface area (Å²) in [4.78, 5) is 7.81. The molecule has 4 N–H and O–H groups in total. The summed E-state index contributed by atoms with van der Waals surface area (Å²) >= 11 is 12.1. The fourth-order valence-electron chi connectivity index (χ4n) is 2.86. The van der Waals surface area contributed by atoms with Crippen molar-refractivity contribution < 1.29 is 24.4 Å². The molecule has 1 heterocycles. The molecule has 1 fully saturated rings. The van der Waals surface area contributed by atoms with Gasteiger partial charge in [0.05, 0.1) is 32.0 Å². The summed E-state index contributed by atoms with van der Waals surface area (Å²) in [5, 5.41) is 20.0. The number of nitrogens with zero attached hydrogens (tertiary/aromatic N) is 2. The molecule has 0 amide bonds. The second-order valence-electron chi connectivity index (χ2n) is 6.11. The zero-order valence-corrected chi connectivity index (χ0v) is 16.1. The van der Waals surface area contributed by atoms with E-state index in [-0.39, 0.29) is 22.8 Å². The zero-order valence-electron chi connectivity index (χ0n) is 14.6. The van der Waals surface area contributed by atoms with Gasteiger partial charge in [0.15, 0.2) is 6.29 Å². The van der Waals surface area contributed by atoms with Crippen molar-refractivity contribution in [1.82, 2.24) is 9.97 Å². The molecule has 8 nitrogen and oxygen atoms in total. The van der Waals surface area contributed by atoms with Crippen molar-refractivity contribution in [2.75, 3.05) is 26.4 Å². The highest BCUT2D eigenvalue weighted by molar-refractivity contribution is 6.34. The molecular weight excluding hydrogens is 385 g/mol. The Morgan fingerprint density at radius 2 is 1.88 bits per heavy atom. The van der Waals surface area contributed by atoms with Gasteiger partial charge in [0, 0.05) is 30.6 Å². The van der Waals surface area contributed by atoms with Crippen molar-refractivity contribution in [3.63, 3.8) is 0 Å². The Kier molecular flexibility index (Phi) is 8.92. The number of aliphatic hydroxyl groups excluding tert-OH is 2. The summed E-state index contributed by atoms with van der Waals surface area (Å²) in [7, 11) is 0. The van der Waals surface area contributed by atoms with Crippen molar-refractivity contribution in [2.45, 2.75) is 44.3 Å². The summed E-state index contributed by atoms with van der Waals surface area (Å²) in [6.07, 6.45) is -0.185. The largest absolute Gasteiger partial charge is 0.390 e. The van der Waals surface area contributed by atoms with Crippen LogP contribution in [0.2, 0.25) is 10.3 Å². The number of ether oxygens (including phenoxy) is 3. The smallest absolute Gasteiger partial charge is 0.161 e. The molecule has 0 bridgehead atoms. The van der Waals surface area contributed by atoms with Gasteiger partial charge in [-0.2, -0.15) is 0 Å². The van der Waals surface area contributed by atoms with E-state index >= 15 is 0 Å². The van der Waals surface area contributed by atoms with Crippen molar-refractivity contribution in [1.29, 1.82) is 0 Å². The van der Waals surface area contributed by atoms with Gasteiger partial charge in [-0.15, -0.1) is 0 Å². The quantitative estimate of drug-likeness (QED) is 0.294.